The van der Waals surface area contributed by atoms with Crippen LogP contribution in [-0.2, 0) is 28.6 Å². The third kappa shape index (κ3) is 9.68. The smallest absolute Gasteiger partial charge is 0.316 e. The molecule has 6 nitrogen and oxygen atoms in total. The first-order valence-corrected chi connectivity index (χ1v) is 6.30. The minimum atomic E-state index is -0.762. The molecule has 0 aliphatic carbocycles. The normalized spacial score (nSPS) is 9.88. The monoisotopic (exact) mass is 264 g/mol. The number of hydrogen-bond acceptors (Lipinski definition) is 7. The molecule has 0 radical (unpaired) electrons. The van der Waals surface area contributed by atoms with E-state index >= 15 is 0 Å². The van der Waals surface area contributed by atoms with Crippen LogP contribution in [0.2, 0.25) is 0 Å². The highest BCUT2D eigenvalue weighted by Gasteiger charge is 2.17. The second kappa shape index (κ2) is 8.86. The standard InChI is InChI=1S/C10H16O6S/c1-7(11)14-4-9(5-15-8(2)12)16-10(13)6-17-3/h9H,4-6H2,1-3H3. The first-order chi connectivity index (χ1) is 7.95. The van der Waals surface area contributed by atoms with Crippen LogP contribution in [0.25, 0.3) is 0 Å². The largest absolute Gasteiger partial charge is 0.462 e. The number of hydrogen-bond donors (Lipinski definition) is 0. The molecule has 0 spiro atoms. The molecule has 0 bridgehead atoms. The molecule has 0 amide bonds. The zero-order valence-corrected chi connectivity index (χ0v) is 10.9. The van der Waals surface area contributed by atoms with E-state index in [2.05, 4.69) is 0 Å². The summed E-state index contributed by atoms with van der Waals surface area (Å²) in [5, 5.41) is 0. The Hall–Kier alpha value is -1.24. The van der Waals surface area contributed by atoms with E-state index < -0.39 is 24.0 Å². The molecule has 0 rings (SSSR count). The summed E-state index contributed by atoms with van der Waals surface area (Å²) in [6, 6.07) is 0. The van der Waals surface area contributed by atoms with Gasteiger partial charge in [0.05, 0.1) is 5.75 Å². The van der Waals surface area contributed by atoms with Crippen molar-refractivity contribution < 1.29 is 28.6 Å². The van der Waals surface area contributed by atoms with Crippen molar-refractivity contribution in [3.8, 4) is 0 Å². The van der Waals surface area contributed by atoms with Crippen molar-refractivity contribution in [1.82, 2.24) is 0 Å². The van der Waals surface area contributed by atoms with E-state index in [-0.39, 0.29) is 19.0 Å². The van der Waals surface area contributed by atoms with E-state index in [1.807, 2.05) is 0 Å². The van der Waals surface area contributed by atoms with Crippen molar-refractivity contribution in [2.75, 3.05) is 25.2 Å². The van der Waals surface area contributed by atoms with Gasteiger partial charge in [-0.2, -0.15) is 11.8 Å². The van der Waals surface area contributed by atoms with Crippen LogP contribution >= 0.6 is 11.8 Å². The quantitative estimate of drug-likeness (QED) is 0.486. The molecule has 17 heavy (non-hydrogen) atoms. The van der Waals surface area contributed by atoms with Crippen LogP contribution in [0.3, 0.4) is 0 Å². The van der Waals surface area contributed by atoms with E-state index in [0.717, 1.165) is 0 Å². The number of rotatable bonds is 7. The average molecular weight is 264 g/mol. The summed E-state index contributed by atoms with van der Waals surface area (Å²) in [5.41, 5.74) is 0. The molecule has 0 saturated heterocycles. The lowest BCUT2D eigenvalue weighted by atomic mass is 10.4. The molecule has 0 fully saturated rings. The number of carbonyl (C=O) groups excluding carboxylic acids is 3. The van der Waals surface area contributed by atoms with E-state index in [9.17, 15) is 14.4 Å². The van der Waals surface area contributed by atoms with Gasteiger partial charge in [-0.05, 0) is 6.26 Å². The number of ether oxygens (including phenoxy) is 3. The lowest BCUT2D eigenvalue weighted by Crippen LogP contribution is -2.30. The van der Waals surface area contributed by atoms with E-state index in [1.54, 1.807) is 6.26 Å². The van der Waals surface area contributed by atoms with E-state index in [0.29, 0.717) is 0 Å². The van der Waals surface area contributed by atoms with Crippen LogP contribution < -0.4 is 0 Å². The van der Waals surface area contributed by atoms with Gasteiger partial charge in [0.15, 0.2) is 6.10 Å². The van der Waals surface area contributed by atoms with Gasteiger partial charge in [0.1, 0.15) is 13.2 Å². The van der Waals surface area contributed by atoms with Crippen molar-refractivity contribution in [2.24, 2.45) is 0 Å². The summed E-state index contributed by atoms with van der Waals surface area (Å²) in [4.78, 5) is 32.5. The average Bonchev–Trinajstić information content (AvgIpc) is 2.22. The molecular weight excluding hydrogens is 248 g/mol. The second-order valence-electron chi connectivity index (χ2n) is 3.15. The number of esters is 3. The fourth-order valence-corrected chi connectivity index (χ4v) is 1.18. The zero-order chi connectivity index (χ0) is 13.3. The highest BCUT2D eigenvalue weighted by atomic mass is 32.2. The molecular formula is C10H16O6S. The summed E-state index contributed by atoms with van der Waals surface area (Å²) in [5.74, 6) is -1.23. The number of carbonyl (C=O) groups is 3. The first-order valence-electron chi connectivity index (χ1n) is 4.90. The van der Waals surface area contributed by atoms with Crippen molar-refractivity contribution >= 4 is 29.7 Å². The van der Waals surface area contributed by atoms with Gasteiger partial charge < -0.3 is 14.2 Å². The third-order valence-corrected chi connectivity index (χ3v) is 2.03. The van der Waals surface area contributed by atoms with Gasteiger partial charge in [0, 0.05) is 13.8 Å². The molecule has 0 saturated carbocycles. The van der Waals surface area contributed by atoms with Gasteiger partial charge in [-0.25, -0.2) is 0 Å². The summed E-state index contributed by atoms with van der Waals surface area (Å²) < 4.78 is 14.4. The Bertz CT molecular complexity index is 260. The minimum absolute atomic E-state index is 0.122. The van der Waals surface area contributed by atoms with Crippen molar-refractivity contribution in [3.05, 3.63) is 0 Å². The van der Waals surface area contributed by atoms with Crippen LogP contribution in [0, 0.1) is 0 Å². The Kier molecular flexibility index (Phi) is 8.21. The van der Waals surface area contributed by atoms with Crippen LogP contribution in [0.15, 0.2) is 0 Å². The van der Waals surface area contributed by atoms with Crippen molar-refractivity contribution in [2.45, 2.75) is 20.0 Å². The van der Waals surface area contributed by atoms with E-state index in [1.165, 1.54) is 25.6 Å². The van der Waals surface area contributed by atoms with E-state index in [4.69, 9.17) is 14.2 Å². The Morgan fingerprint density at radius 1 is 1.06 bits per heavy atom. The maximum absolute atomic E-state index is 11.2. The Morgan fingerprint density at radius 3 is 1.88 bits per heavy atom. The predicted molar refractivity (Wildman–Crippen MR) is 61.5 cm³/mol. The van der Waals surface area contributed by atoms with Gasteiger partial charge in [-0.1, -0.05) is 0 Å². The van der Waals surface area contributed by atoms with Gasteiger partial charge >= 0.3 is 17.9 Å². The molecule has 0 heterocycles. The Balaban J connectivity index is 4.13. The molecule has 0 unspecified atom stereocenters. The van der Waals surface area contributed by atoms with Crippen molar-refractivity contribution in [1.29, 1.82) is 0 Å². The predicted octanol–water partition coefficient (Wildman–Crippen LogP) is 0.387. The molecule has 0 aliphatic rings. The Morgan fingerprint density at radius 2 is 1.53 bits per heavy atom. The number of thioether (sulfide) groups is 1. The molecule has 0 atom stereocenters. The molecule has 0 aromatic heterocycles. The third-order valence-electron chi connectivity index (χ3n) is 1.51. The molecule has 0 N–H and O–H groups in total. The maximum atomic E-state index is 11.2. The highest BCUT2D eigenvalue weighted by Crippen LogP contribution is 2.01. The molecule has 98 valence electrons. The first kappa shape index (κ1) is 15.8. The summed E-state index contributed by atoms with van der Waals surface area (Å²) >= 11 is 1.31. The summed E-state index contributed by atoms with van der Waals surface area (Å²) in [6.45, 7) is 2.24. The SMILES string of the molecule is CSCC(=O)OC(COC(C)=O)COC(C)=O. The minimum Gasteiger partial charge on any atom is -0.462 e. The summed E-state index contributed by atoms with van der Waals surface area (Å²) in [7, 11) is 0. The zero-order valence-electron chi connectivity index (χ0n) is 10.1. The van der Waals surface area contributed by atoms with Gasteiger partial charge in [-0.3, -0.25) is 14.4 Å². The van der Waals surface area contributed by atoms with Gasteiger partial charge in [0.2, 0.25) is 0 Å². The highest BCUT2D eigenvalue weighted by molar-refractivity contribution is 7.99. The van der Waals surface area contributed by atoms with Crippen LogP contribution in [-0.4, -0.2) is 49.2 Å². The topological polar surface area (TPSA) is 78.9 Å². The lowest BCUT2D eigenvalue weighted by Gasteiger charge is -2.16. The molecule has 7 heteroatoms. The molecule has 0 aliphatic heterocycles. The molecule has 0 aromatic rings. The van der Waals surface area contributed by atoms with Gasteiger partial charge in [-0.15, -0.1) is 0 Å². The summed E-state index contributed by atoms with van der Waals surface area (Å²) in [6.07, 6.45) is 0.997. The van der Waals surface area contributed by atoms with Crippen molar-refractivity contribution in [3.63, 3.8) is 0 Å². The van der Waals surface area contributed by atoms with Crippen LogP contribution in [0.1, 0.15) is 13.8 Å². The Labute approximate surface area is 104 Å². The fraction of sp³-hybridized carbons (Fsp3) is 0.700. The lowest BCUT2D eigenvalue weighted by molar-refractivity contribution is -0.163. The maximum Gasteiger partial charge on any atom is 0.316 e. The fourth-order valence-electron chi connectivity index (χ4n) is 0.875. The van der Waals surface area contributed by atoms with Gasteiger partial charge in [0.25, 0.3) is 0 Å². The van der Waals surface area contributed by atoms with Crippen LogP contribution in [0.4, 0.5) is 0 Å². The second-order valence-corrected chi connectivity index (χ2v) is 4.02. The van der Waals surface area contributed by atoms with Crippen LogP contribution in [0.5, 0.6) is 0 Å². The molecule has 0 aromatic carbocycles.